The fourth-order valence-electron chi connectivity index (χ4n) is 1.12. The number of nitrogens with one attached hydrogen (secondary N) is 2. The number of carbonyl (C=O) groups excluding carboxylic acids is 1. The van der Waals surface area contributed by atoms with Crippen LogP contribution in [0.25, 0.3) is 0 Å². The van der Waals surface area contributed by atoms with Crippen LogP contribution in [0, 0.1) is 0 Å². The molecule has 0 aliphatic heterocycles. The SMILES string of the molecule is CNCCCN(C)C(=O)CNCCOC. The Morgan fingerprint density at radius 2 is 2.13 bits per heavy atom. The first-order valence-corrected chi connectivity index (χ1v) is 5.30. The number of amides is 1. The van der Waals surface area contributed by atoms with Gasteiger partial charge < -0.3 is 20.3 Å². The molecule has 90 valence electrons. The first-order valence-electron chi connectivity index (χ1n) is 5.30. The summed E-state index contributed by atoms with van der Waals surface area (Å²) in [6, 6.07) is 0. The van der Waals surface area contributed by atoms with Crippen molar-refractivity contribution in [3.63, 3.8) is 0 Å². The molecule has 15 heavy (non-hydrogen) atoms. The number of ether oxygens (including phenoxy) is 1. The molecule has 1 amide bonds. The maximum Gasteiger partial charge on any atom is 0.236 e. The average molecular weight is 217 g/mol. The minimum Gasteiger partial charge on any atom is -0.383 e. The van der Waals surface area contributed by atoms with E-state index in [0.717, 1.165) is 19.5 Å². The van der Waals surface area contributed by atoms with E-state index < -0.39 is 0 Å². The smallest absolute Gasteiger partial charge is 0.236 e. The van der Waals surface area contributed by atoms with Crippen molar-refractivity contribution in [1.82, 2.24) is 15.5 Å². The zero-order valence-corrected chi connectivity index (χ0v) is 10.0. The lowest BCUT2D eigenvalue weighted by Crippen LogP contribution is -2.37. The molecule has 0 heterocycles. The Labute approximate surface area is 92.2 Å². The second-order valence-electron chi connectivity index (χ2n) is 3.44. The topological polar surface area (TPSA) is 53.6 Å². The van der Waals surface area contributed by atoms with Crippen molar-refractivity contribution in [2.24, 2.45) is 0 Å². The van der Waals surface area contributed by atoms with Crippen LogP contribution in [0.1, 0.15) is 6.42 Å². The Morgan fingerprint density at radius 1 is 1.40 bits per heavy atom. The van der Waals surface area contributed by atoms with Crippen LogP contribution in [0.5, 0.6) is 0 Å². The molecule has 0 saturated heterocycles. The van der Waals surface area contributed by atoms with E-state index in [1.54, 1.807) is 12.0 Å². The minimum atomic E-state index is 0.127. The quantitative estimate of drug-likeness (QED) is 0.501. The molecule has 5 heteroatoms. The summed E-state index contributed by atoms with van der Waals surface area (Å²) in [4.78, 5) is 13.2. The predicted octanol–water partition coefficient (Wildman–Crippen LogP) is -0.710. The summed E-state index contributed by atoms with van der Waals surface area (Å²) in [5.74, 6) is 0.127. The van der Waals surface area contributed by atoms with Gasteiger partial charge in [-0.15, -0.1) is 0 Å². The first kappa shape index (κ1) is 14.3. The number of rotatable bonds is 9. The zero-order valence-electron chi connectivity index (χ0n) is 10.0. The standard InChI is InChI=1S/C10H23N3O2/c1-11-5-4-7-13(2)10(14)9-12-6-8-15-3/h11-12H,4-9H2,1-3H3. The van der Waals surface area contributed by atoms with E-state index in [-0.39, 0.29) is 5.91 Å². The van der Waals surface area contributed by atoms with Gasteiger partial charge in [0.1, 0.15) is 0 Å². The summed E-state index contributed by atoms with van der Waals surface area (Å²) in [5.41, 5.74) is 0. The molecule has 0 rings (SSSR count). The highest BCUT2D eigenvalue weighted by Crippen LogP contribution is 1.87. The Hall–Kier alpha value is -0.650. The van der Waals surface area contributed by atoms with E-state index in [4.69, 9.17) is 4.74 Å². The van der Waals surface area contributed by atoms with Gasteiger partial charge in [0.25, 0.3) is 0 Å². The Bertz CT molecular complexity index is 165. The van der Waals surface area contributed by atoms with Crippen molar-refractivity contribution in [2.45, 2.75) is 6.42 Å². The van der Waals surface area contributed by atoms with E-state index in [0.29, 0.717) is 19.7 Å². The number of hydrogen-bond acceptors (Lipinski definition) is 4. The van der Waals surface area contributed by atoms with Crippen molar-refractivity contribution in [3.05, 3.63) is 0 Å². The van der Waals surface area contributed by atoms with E-state index in [1.807, 2.05) is 14.1 Å². The first-order chi connectivity index (χ1) is 7.22. The van der Waals surface area contributed by atoms with Crippen molar-refractivity contribution >= 4 is 5.91 Å². The highest BCUT2D eigenvalue weighted by atomic mass is 16.5. The molecule has 0 aliphatic rings. The number of carbonyl (C=O) groups is 1. The zero-order chi connectivity index (χ0) is 11.5. The molecule has 2 N–H and O–H groups in total. The van der Waals surface area contributed by atoms with Gasteiger partial charge in [-0.2, -0.15) is 0 Å². The third-order valence-corrected chi connectivity index (χ3v) is 2.11. The van der Waals surface area contributed by atoms with Gasteiger partial charge in [0.05, 0.1) is 13.2 Å². The molecule has 0 fully saturated rings. The molecule has 0 unspecified atom stereocenters. The minimum absolute atomic E-state index is 0.127. The van der Waals surface area contributed by atoms with Gasteiger partial charge in [0, 0.05) is 27.2 Å². The highest BCUT2D eigenvalue weighted by Gasteiger charge is 2.06. The van der Waals surface area contributed by atoms with Crippen LogP contribution in [0.2, 0.25) is 0 Å². The average Bonchev–Trinajstić information content (AvgIpc) is 2.24. The molecular formula is C10H23N3O2. The van der Waals surface area contributed by atoms with Gasteiger partial charge in [0.15, 0.2) is 0 Å². The molecule has 0 aliphatic carbocycles. The van der Waals surface area contributed by atoms with Gasteiger partial charge in [-0.05, 0) is 20.0 Å². The number of likely N-dealkylation sites (N-methyl/N-ethyl adjacent to an activating group) is 1. The Kier molecular flexibility index (Phi) is 9.46. The predicted molar refractivity (Wildman–Crippen MR) is 60.9 cm³/mol. The van der Waals surface area contributed by atoms with Crippen molar-refractivity contribution < 1.29 is 9.53 Å². The number of methoxy groups -OCH3 is 1. The van der Waals surface area contributed by atoms with Crippen LogP contribution in [0.15, 0.2) is 0 Å². The number of nitrogens with zero attached hydrogens (tertiary/aromatic N) is 1. The molecule has 0 aromatic carbocycles. The maximum absolute atomic E-state index is 11.5. The lowest BCUT2D eigenvalue weighted by atomic mass is 10.4. The van der Waals surface area contributed by atoms with Crippen LogP contribution >= 0.6 is 0 Å². The van der Waals surface area contributed by atoms with Gasteiger partial charge in [-0.3, -0.25) is 4.79 Å². The molecule has 0 saturated carbocycles. The number of hydrogen-bond donors (Lipinski definition) is 2. The summed E-state index contributed by atoms with van der Waals surface area (Å²) in [6.07, 6.45) is 0.983. The highest BCUT2D eigenvalue weighted by molar-refractivity contribution is 5.77. The molecule has 0 atom stereocenters. The van der Waals surface area contributed by atoms with E-state index in [2.05, 4.69) is 10.6 Å². The summed E-state index contributed by atoms with van der Waals surface area (Å²) < 4.78 is 4.87. The summed E-state index contributed by atoms with van der Waals surface area (Å²) in [5, 5.41) is 6.08. The van der Waals surface area contributed by atoms with Gasteiger partial charge in [0.2, 0.25) is 5.91 Å². The summed E-state index contributed by atoms with van der Waals surface area (Å²) in [6.45, 7) is 3.48. The van der Waals surface area contributed by atoms with Crippen LogP contribution in [-0.2, 0) is 9.53 Å². The van der Waals surface area contributed by atoms with Gasteiger partial charge in [-0.25, -0.2) is 0 Å². The molecule has 0 spiro atoms. The third-order valence-electron chi connectivity index (χ3n) is 2.11. The monoisotopic (exact) mass is 217 g/mol. The van der Waals surface area contributed by atoms with Crippen molar-refractivity contribution in [2.75, 3.05) is 54.0 Å². The lowest BCUT2D eigenvalue weighted by molar-refractivity contribution is -0.129. The van der Waals surface area contributed by atoms with Crippen LogP contribution in [0.3, 0.4) is 0 Å². The summed E-state index contributed by atoms with van der Waals surface area (Å²) in [7, 11) is 5.39. The Morgan fingerprint density at radius 3 is 2.73 bits per heavy atom. The van der Waals surface area contributed by atoms with Crippen molar-refractivity contribution in [1.29, 1.82) is 0 Å². The van der Waals surface area contributed by atoms with E-state index in [1.165, 1.54) is 0 Å². The Balaban J connectivity index is 3.42. The van der Waals surface area contributed by atoms with Gasteiger partial charge in [-0.1, -0.05) is 0 Å². The van der Waals surface area contributed by atoms with E-state index >= 15 is 0 Å². The molecule has 0 aromatic heterocycles. The van der Waals surface area contributed by atoms with Gasteiger partial charge >= 0.3 is 0 Å². The maximum atomic E-state index is 11.5. The van der Waals surface area contributed by atoms with Crippen LogP contribution < -0.4 is 10.6 Å². The molecule has 0 radical (unpaired) electrons. The third kappa shape index (κ3) is 8.35. The normalized spacial score (nSPS) is 10.3. The molecule has 0 aromatic rings. The van der Waals surface area contributed by atoms with Crippen LogP contribution in [0.4, 0.5) is 0 Å². The molecule has 5 nitrogen and oxygen atoms in total. The molecular weight excluding hydrogens is 194 g/mol. The summed E-state index contributed by atoms with van der Waals surface area (Å²) >= 11 is 0. The fraction of sp³-hybridized carbons (Fsp3) is 0.900. The van der Waals surface area contributed by atoms with Crippen LogP contribution in [-0.4, -0.2) is 64.8 Å². The second-order valence-corrected chi connectivity index (χ2v) is 3.44. The second kappa shape index (κ2) is 9.89. The fourth-order valence-corrected chi connectivity index (χ4v) is 1.12. The van der Waals surface area contributed by atoms with E-state index in [9.17, 15) is 4.79 Å². The lowest BCUT2D eigenvalue weighted by Gasteiger charge is -2.17. The van der Waals surface area contributed by atoms with Crippen molar-refractivity contribution in [3.8, 4) is 0 Å². The largest absolute Gasteiger partial charge is 0.383 e. The molecule has 0 bridgehead atoms.